The highest BCUT2D eigenvalue weighted by Gasteiger charge is 2.24. The van der Waals surface area contributed by atoms with Crippen LogP contribution in [0.1, 0.15) is 56.9 Å². The van der Waals surface area contributed by atoms with Crippen LogP contribution in [-0.4, -0.2) is 12.6 Å². The van der Waals surface area contributed by atoms with Crippen LogP contribution >= 0.6 is 24.0 Å². The van der Waals surface area contributed by atoms with E-state index in [4.69, 9.17) is 11.6 Å². The molecule has 1 heterocycles. The zero-order chi connectivity index (χ0) is 12.8. The van der Waals surface area contributed by atoms with Crippen LogP contribution in [0.3, 0.4) is 0 Å². The fraction of sp³-hybridized carbons (Fsp3) is 0.625. The summed E-state index contributed by atoms with van der Waals surface area (Å²) in [6.45, 7) is 3.45. The van der Waals surface area contributed by atoms with Gasteiger partial charge in [-0.1, -0.05) is 49.9 Å². The van der Waals surface area contributed by atoms with Gasteiger partial charge in [0, 0.05) is 11.1 Å². The largest absolute Gasteiger partial charge is 0.313 e. The van der Waals surface area contributed by atoms with E-state index >= 15 is 0 Å². The van der Waals surface area contributed by atoms with Gasteiger partial charge in [0.15, 0.2) is 0 Å². The van der Waals surface area contributed by atoms with Crippen LogP contribution in [0.2, 0.25) is 5.02 Å². The molecule has 2 rings (SSSR count). The Morgan fingerprint density at radius 3 is 2.58 bits per heavy atom. The van der Waals surface area contributed by atoms with Crippen molar-refractivity contribution in [3.63, 3.8) is 0 Å². The van der Waals surface area contributed by atoms with Gasteiger partial charge >= 0.3 is 0 Å². The Morgan fingerprint density at radius 1 is 1.26 bits per heavy atom. The highest BCUT2D eigenvalue weighted by molar-refractivity contribution is 6.30. The van der Waals surface area contributed by atoms with Gasteiger partial charge in [-0.3, -0.25) is 0 Å². The lowest BCUT2D eigenvalue weighted by molar-refractivity contribution is 0.334. The molecule has 1 aliphatic rings. The van der Waals surface area contributed by atoms with E-state index in [1.165, 1.54) is 50.6 Å². The van der Waals surface area contributed by atoms with Gasteiger partial charge in [0.25, 0.3) is 0 Å². The molecule has 1 nitrogen and oxygen atoms in total. The van der Waals surface area contributed by atoms with Gasteiger partial charge in [-0.05, 0) is 49.4 Å². The number of nitrogens with one attached hydrogen (secondary N) is 1. The van der Waals surface area contributed by atoms with Gasteiger partial charge in [-0.25, -0.2) is 0 Å². The summed E-state index contributed by atoms with van der Waals surface area (Å²) in [5.41, 5.74) is 1.45. The molecule has 2 unspecified atom stereocenters. The topological polar surface area (TPSA) is 12.0 Å². The molecular weight excluding hydrogens is 277 g/mol. The van der Waals surface area contributed by atoms with E-state index in [-0.39, 0.29) is 12.4 Å². The minimum Gasteiger partial charge on any atom is -0.313 e. The lowest BCUT2D eigenvalue weighted by Crippen LogP contribution is -2.38. The molecule has 0 saturated carbocycles. The smallest absolute Gasteiger partial charge is 0.0406 e. The number of hydrogen-bond donors (Lipinski definition) is 1. The van der Waals surface area contributed by atoms with Crippen LogP contribution < -0.4 is 5.32 Å². The van der Waals surface area contributed by atoms with Gasteiger partial charge in [-0.2, -0.15) is 0 Å². The molecule has 1 saturated heterocycles. The summed E-state index contributed by atoms with van der Waals surface area (Å²) in [5, 5.41) is 4.55. The Labute approximate surface area is 128 Å². The number of benzene rings is 1. The lowest BCUT2D eigenvalue weighted by Gasteiger charge is -2.32. The van der Waals surface area contributed by atoms with Crippen LogP contribution in [-0.2, 0) is 0 Å². The number of unbranched alkanes of at least 4 members (excludes halogenated alkanes) is 1. The summed E-state index contributed by atoms with van der Waals surface area (Å²) < 4.78 is 0. The fourth-order valence-corrected chi connectivity index (χ4v) is 3.08. The second-order valence-electron chi connectivity index (χ2n) is 5.36. The first-order valence-electron chi connectivity index (χ1n) is 7.30. The summed E-state index contributed by atoms with van der Waals surface area (Å²) in [6.07, 6.45) is 7.89. The van der Waals surface area contributed by atoms with Crippen molar-refractivity contribution in [1.29, 1.82) is 0 Å². The molecule has 0 bridgehead atoms. The Bertz CT molecular complexity index is 344. The number of halogens is 2. The van der Waals surface area contributed by atoms with Crippen molar-refractivity contribution in [1.82, 2.24) is 5.32 Å². The maximum absolute atomic E-state index is 5.99. The predicted molar refractivity (Wildman–Crippen MR) is 86.6 cm³/mol. The first kappa shape index (κ1) is 16.8. The third-order valence-corrected chi connectivity index (χ3v) is 4.25. The fourth-order valence-electron chi connectivity index (χ4n) is 2.96. The first-order chi connectivity index (χ1) is 8.81. The standard InChI is InChI=1S/C16H24ClN.ClH/c1-2-3-6-15(16-7-4-5-12-18-16)13-8-10-14(17)11-9-13;/h8-11,15-16,18H,2-7,12H2,1H3;1H. The lowest BCUT2D eigenvalue weighted by atomic mass is 9.83. The molecule has 19 heavy (non-hydrogen) atoms. The monoisotopic (exact) mass is 301 g/mol. The van der Waals surface area contributed by atoms with E-state index in [1.54, 1.807) is 0 Å². The van der Waals surface area contributed by atoms with Crippen molar-refractivity contribution < 1.29 is 0 Å². The van der Waals surface area contributed by atoms with E-state index in [9.17, 15) is 0 Å². The van der Waals surface area contributed by atoms with Crippen molar-refractivity contribution in [2.24, 2.45) is 0 Å². The van der Waals surface area contributed by atoms with Crippen LogP contribution in [0.25, 0.3) is 0 Å². The Kier molecular flexibility index (Phi) is 7.82. The average molecular weight is 302 g/mol. The third kappa shape index (κ3) is 4.98. The van der Waals surface area contributed by atoms with Gasteiger partial charge < -0.3 is 5.32 Å². The van der Waals surface area contributed by atoms with E-state index < -0.39 is 0 Å². The molecule has 1 N–H and O–H groups in total. The van der Waals surface area contributed by atoms with Gasteiger partial charge in [0.1, 0.15) is 0 Å². The molecule has 0 amide bonds. The van der Waals surface area contributed by atoms with Crippen molar-refractivity contribution in [2.75, 3.05) is 6.54 Å². The summed E-state index contributed by atoms with van der Waals surface area (Å²) in [4.78, 5) is 0. The summed E-state index contributed by atoms with van der Waals surface area (Å²) in [7, 11) is 0. The first-order valence-corrected chi connectivity index (χ1v) is 7.68. The highest BCUT2D eigenvalue weighted by atomic mass is 35.5. The van der Waals surface area contributed by atoms with Crippen LogP contribution in [0.4, 0.5) is 0 Å². The van der Waals surface area contributed by atoms with Crippen molar-refractivity contribution in [2.45, 2.75) is 57.4 Å². The third-order valence-electron chi connectivity index (χ3n) is 4.00. The van der Waals surface area contributed by atoms with Crippen LogP contribution in [0, 0.1) is 0 Å². The zero-order valence-corrected chi connectivity index (χ0v) is 13.3. The molecule has 3 heteroatoms. The van der Waals surface area contributed by atoms with E-state index in [1.807, 2.05) is 12.1 Å². The minimum absolute atomic E-state index is 0. The Hall–Kier alpha value is -0.240. The number of piperidine rings is 1. The van der Waals surface area contributed by atoms with Gasteiger partial charge in [0.05, 0.1) is 0 Å². The zero-order valence-electron chi connectivity index (χ0n) is 11.7. The second kappa shape index (κ2) is 8.84. The Morgan fingerprint density at radius 2 is 2.00 bits per heavy atom. The maximum atomic E-state index is 5.99. The van der Waals surface area contributed by atoms with Crippen LogP contribution in [0.5, 0.6) is 0 Å². The quantitative estimate of drug-likeness (QED) is 0.790. The summed E-state index contributed by atoms with van der Waals surface area (Å²) in [5.74, 6) is 0.655. The van der Waals surface area contributed by atoms with Gasteiger partial charge in [0.2, 0.25) is 0 Å². The molecule has 0 aliphatic carbocycles. The van der Waals surface area contributed by atoms with E-state index in [0.29, 0.717) is 12.0 Å². The van der Waals surface area contributed by atoms with Crippen molar-refractivity contribution in [3.8, 4) is 0 Å². The Balaban J connectivity index is 0.00000180. The number of hydrogen-bond acceptors (Lipinski definition) is 1. The molecule has 0 radical (unpaired) electrons. The second-order valence-corrected chi connectivity index (χ2v) is 5.79. The average Bonchev–Trinajstić information content (AvgIpc) is 2.42. The molecule has 108 valence electrons. The molecular formula is C16H25Cl2N. The molecule has 0 spiro atoms. The maximum Gasteiger partial charge on any atom is 0.0406 e. The molecule has 1 aromatic rings. The summed E-state index contributed by atoms with van der Waals surface area (Å²) >= 11 is 5.99. The molecule has 1 fully saturated rings. The summed E-state index contributed by atoms with van der Waals surface area (Å²) in [6, 6.07) is 9.13. The molecule has 1 aliphatic heterocycles. The van der Waals surface area contributed by atoms with Crippen molar-refractivity contribution >= 4 is 24.0 Å². The predicted octanol–water partition coefficient (Wildman–Crippen LogP) is 5.18. The molecule has 2 atom stereocenters. The normalized spacial score (nSPS) is 20.6. The SMILES string of the molecule is CCCCC(c1ccc(Cl)cc1)C1CCCCN1.Cl. The van der Waals surface area contributed by atoms with Gasteiger partial charge in [-0.15, -0.1) is 12.4 Å². The van der Waals surface area contributed by atoms with E-state index in [2.05, 4.69) is 24.4 Å². The van der Waals surface area contributed by atoms with E-state index in [0.717, 1.165) is 5.02 Å². The number of rotatable bonds is 5. The molecule has 1 aromatic carbocycles. The molecule has 0 aromatic heterocycles. The minimum atomic E-state index is 0. The highest BCUT2D eigenvalue weighted by Crippen LogP contribution is 2.30. The van der Waals surface area contributed by atoms with Crippen LogP contribution in [0.15, 0.2) is 24.3 Å². The van der Waals surface area contributed by atoms with Crippen molar-refractivity contribution in [3.05, 3.63) is 34.9 Å².